The minimum atomic E-state index is -0.262. The third-order valence-corrected chi connectivity index (χ3v) is 2.94. The summed E-state index contributed by atoms with van der Waals surface area (Å²) in [5.74, 6) is 0.144. The molecule has 1 heterocycles. The fourth-order valence-electron chi connectivity index (χ4n) is 1.86. The fourth-order valence-corrected chi connectivity index (χ4v) is 1.86. The van der Waals surface area contributed by atoms with Gasteiger partial charge in [0, 0.05) is 13.1 Å². The number of aliphatic hydroxyl groups is 1. The Morgan fingerprint density at radius 3 is 2.65 bits per heavy atom. The van der Waals surface area contributed by atoms with Crippen molar-refractivity contribution in [3.05, 3.63) is 0 Å². The minimum Gasteiger partial charge on any atom is -0.393 e. The first-order valence-corrected chi connectivity index (χ1v) is 6.39. The molecule has 100 valence electrons. The van der Waals surface area contributed by atoms with Gasteiger partial charge in [-0.25, -0.2) is 0 Å². The highest BCUT2D eigenvalue weighted by atomic mass is 16.5. The van der Waals surface area contributed by atoms with Crippen molar-refractivity contribution < 1.29 is 14.6 Å². The Kier molecular flexibility index (Phi) is 6.47. The van der Waals surface area contributed by atoms with Crippen LogP contribution in [0.1, 0.15) is 26.7 Å². The smallest absolute Gasteiger partial charge is 0.239 e. The monoisotopic (exact) mass is 244 g/mol. The van der Waals surface area contributed by atoms with Gasteiger partial charge in [-0.2, -0.15) is 0 Å². The lowest BCUT2D eigenvalue weighted by atomic mass is 10.2. The van der Waals surface area contributed by atoms with Gasteiger partial charge in [0.2, 0.25) is 5.91 Å². The molecule has 1 saturated heterocycles. The number of hydrogen-bond donors (Lipinski definition) is 2. The summed E-state index contributed by atoms with van der Waals surface area (Å²) in [5.41, 5.74) is 0. The quantitative estimate of drug-likeness (QED) is 0.645. The molecule has 1 amide bonds. The Hall–Kier alpha value is -0.650. The molecular weight excluding hydrogens is 220 g/mol. The standard InChI is InChI=1S/C12H24N2O3/c1-10(15)4-3-5-13-11(2)12(16)14-6-8-17-9-7-14/h10-11,13,15H,3-9H2,1-2H3. The van der Waals surface area contributed by atoms with Gasteiger partial charge in [0.25, 0.3) is 0 Å². The van der Waals surface area contributed by atoms with Crippen molar-refractivity contribution in [3.63, 3.8) is 0 Å². The molecule has 2 N–H and O–H groups in total. The molecule has 1 aliphatic rings. The number of morpholine rings is 1. The minimum absolute atomic E-state index is 0.144. The highest BCUT2D eigenvalue weighted by Gasteiger charge is 2.21. The summed E-state index contributed by atoms with van der Waals surface area (Å²) >= 11 is 0. The number of hydrogen-bond acceptors (Lipinski definition) is 4. The molecule has 2 atom stereocenters. The second kappa shape index (κ2) is 7.63. The number of aliphatic hydroxyl groups excluding tert-OH is 1. The number of amides is 1. The maximum Gasteiger partial charge on any atom is 0.239 e. The fraction of sp³-hybridized carbons (Fsp3) is 0.917. The van der Waals surface area contributed by atoms with E-state index in [1.54, 1.807) is 6.92 Å². The number of ether oxygens (including phenoxy) is 1. The van der Waals surface area contributed by atoms with Crippen LogP contribution in [0, 0.1) is 0 Å². The molecule has 17 heavy (non-hydrogen) atoms. The van der Waals surface area contributed by atoms with Gasteiger partial charge >= 0.3 is 0 Å². The number of nitrogens with zero attached hydrogens (tertiary/aromatic N) is 1. The average molecular weight is 244 g/mol. The second-order valence-electron chi connectivity index (χ2n) is 4.60. The van der Waals surface area contributed by atoms with E-state index in [2.05, 4.69) is 5.32 Å². The van der Waals surface area contributed by atoms with E-state index in [9.17, 15) is 4.79 Å². The summed E-state index contributed by atoms with van der Waals surface area (Å²) in [7, 11) is 0. The Morgan fingerprint density at radius 2 is 2.06 bits per heavy atom. The van der Waals surface area contributed by atoms with Crippen LogP contribution in [0.25, 0.3) is 0 Å². The van der Waals surface area contributed by atoms with Crippen molar-refractivity contribution >= 4 is 5.91 Å². The Labute approximate surface area is 103 Å². The molecule has 0 aromatic carbocycles. The summed E-state index contributed by atoms with van der Waals surface area (Å²) in [4.78, 5) is 13.8. The molecule has 0 aliphatic carbocycles. The molecule has 0 spiro atoms. The predicted molar refractivity (Wildman–Crippen MR) is 65.8 cm³/mol. The molecule has 2 unspecified atom stereocenters. The molecule has 0 aromatic heterocycles. The predicted octanol–water partition coefficient (Wildman–Crippen LogP) is -0.0157. The van der Waals surface area contributed by atoms with Crippen molar-refractivity contribution in [1.82, 2.24) is 10.2 Å². The van der Waals surface area contributed by atoms with E-state index in [1.807, 2.05) is 11.8 Å². The van der Waals surface area contributed by atoms with E-state index in [4.69, 9.17) is 9.84 Å². The zero-order valence-electron chi connectivity index (χ0n) is 10.8. The van der Waals surface area contributed by atoms with Crippen LogP contribution in [0.15, 0.2) is 0 Å². The maximum atomic E-state index is 12.0. The first kappa shape index (κ1) is 14.4. The Bertz CT molecular complexity index is 228. The second-order valence-corrected chi connectivity index (χ2v) is 4.60. The average Bonchev–Trinajstić information content (AvgIpc) is 2.34. The first-order valence-electron chi connectivity index (χ1n) is 6.39. The van der Waals surface area contributed by atoms with Crippen molar-refractivity contribution in [2.24, 2.45) is 0 Å². The first-order chi connectivity index (χ1) is 8.11. The lowest BCUT2D eigenvalue weighted by Gasteiger charge is -2.29. The van der Waals surface area contributed by atoms with E-state index in [1.165, 1.54) is 0 Å². The van der Waals surface area contributed by atoms with E-state index < -0.39 is 0 Å². The topological polar surface area (TPSA) is 61.8 Å². The van der Waals surface area contributed by atoms with Crippen LogP contribution >= 0.6 is 0 Å². The van der Waals surface area contributed by atoms with E-state index >= 15 is 0 Å². The molecule has 0 radical (unpaired) electrons. The van der Waals surface area contributed by atoms with Crippen molar-refractivity contribution in [2.75, 3.05) is 32.8 Å². The van der Waals surface area contributed by atoms with Crippen LogP contribution in [0.3, 0.4) is 0 Å². The van der Waals surface area contributed by atoms with Crippen molar-refractivity contribution in [2.45, 2.75) is 38.8 Å². The van der Waals surface area contributed by atoms with Crippen LogP contribution < -0.4 is 5.32 Å². The normalized spacial score (nSPS) is 20.1. The molecule has 0 saturated carbocycles. The number of carbonyl (C=O) groups is 1. The summed E-state index contributed by atoms with van der Waals surface area (Å²) in [6.07, 6.45) is 1.39. The number of carbonyl (C=O) groups excluding carboxylic acids is 1. The lowest BCUT2D eigenvalue weighted by molar-refractivity contribution is -0.137. The van der Waals surface area contributed by atoms with Crippen LogP contribution in [0.2, 0.25) is 0 Å². The van der Waals surface area contributed by atoms with Crippen LogP contribution in [-0.4, -0.2) is 60.9 Å². The highest BCUT2D eigenvalue weighted by molar-refractivity contribution is 5.81. The molecule has 0 aromatic rings. The summed E-state index contributed by atoms with van der Waals surface area (Å²) < 4.78 is 5.21. The van der Waals surface area contributed by atoms with Gasteiger partial charge in [-0.3, -0.25) is 4.79 Å². The van der Waals surface area contributed by atoms with Crippen LogP contribution in [-0.2, 0) is 9.53 Å². The van der Waals surface area contributed by atoms with Gasteiger partial charge < -0.3 is 20.1 Å². The summed E-state index contributed by atoms with van der Waals surface area (Å²) in [6, 6.07) is -0.151. The molecule has 1 rings (SSSR count). The molecule has 5 heteroatoms. The summed E-state index contributed by atoms with van der Waals surface area (Å²) in [6.45, 7) is 7.10. The van der Waals surface area contributed by atoms with Gasteiger partial charge in [-0.05, 0) is 33.2 Å². The largest absolute Gasteiger partial charge is 0.393 e. The SMILES string of the molecule is CC(O)CCCNC(C)C(=O)N1CCOCC1. The van der Waals surface area contributed by atoms with Crippen LogP contribution in [0.5, 0.6) is 0 Å². The Balaban J connectivity index is 2.17. The van der Waals surface area contributed by atoms with Gasteiger partial charge in [0.15, 0.2) is 0 Å². The third kappa shape index (κ3) is 5.48. The van der Waals surface area contributed by atoms with Crippen LogP contribution in [0.4, 0.5) is 0 Å². The number of nitrogens with one attached hydrogen (secondary N) is 1. The van der Waals surface area contributed by atoms with Gasteiger partial charge in [-0.1, -0.05) is 0 Å². The molecule has 5 nitrogen and oxygen atoms in total. The number of rotatable bonds is 6. The van der Waals surface area contributed by atoms with E-state index in [-0.39, 0.29) is 18.1 Å². The lowest BCUT2D eigenvalue weighted by Crippen LogP contribution is -2.49. The molecule has 0 bridgehead atoms. The molecule has 1 fully saturated rings. The van der Waals surface area contributed by atoms with Crippen molar-refractivity contribution in [3.8, 4) is 0 Å². The van der Waals surface area contributed by atoms with E-state index in [0.717, 1.165) is 19.4 Å². The van der Waals surface area contributed by atoms with Gasteiger partial charge in [-0.15, -0.1) is 0 Å². The van der Waals surface area contributed by atoms with Gasteiger partial charge in [0.05, 0.1) is 25.4 Å². The molecular formula is C12H24N2O3. The maximum absolute atomic E-state index is 12.0. The molecule has 1 aliphatic heterocycles. The third-order valence-electron chi connectivity index (χ3n) is 2.94. The van der Waals surface area contributed by atoms with Crippen molar-refractivity contribution in [1.29, 1.82) is 0 Å². The van der Waals surface area contributed by atoms with E-state index in [0.29, 0.717) is 26.3 Å². The zero-order chi connectivity index (χ0) is 12.7. The Morgan fingerprint density at radius 1 is 1.41 bits per heavy atom. The highest BCUT2D eigenvalue weighted by Crippen LogP contribution is 2.01. The summed E-state index contributed by atoms with van der Waals surface area (Å²) in [5, 5.41) is 12.3. The zero-order valence-corrected chi connectivity index (χ0v) is 10.8. The van der Waals surface area contributed by atoms with Gasteiger partial charge in [0.1, 0.15) is 0 Å².